The van der Waals surface area contributed by atoms with E-state index >= 15 is 0 Å². The van der Waals surface area contributed by atoms with E-state index in [4.69, 9.17) is 9.47 Å². The number of hydrogen-bond acceptors (Lipinski definition) is 3. The topological polar surface area (TPSA) is 30.5 Å². The van der Waals surface area contributed by atoms with Crippen LogP contribution in [-0.4, -0.2) is 26.2 Å². The van der Waals surface area contributed by atoms with Crippen LogP contribution in [0.2, 0.25) is 0 Å². The summed E-state index contributed by atoms with van der Waals surface area (Å²) in [5.41, 5.74) is 2.59. The Labute approximate surface area is 111 Å². The molecule has 1 atom stereocenters. The Kier molecular flexibility index (Phi) is 7.98. The first-order valence-electron chi connectivity index (χ1n) is 6.92. The van der Waals surface area contributed by atoms with E-state index in [0.717, 1.165) is 38.8 Å². The monoisotopic (exact) mass is 253 g/mol. The molecule has 0 radical (unpaired) electrons. The first kappa shape index (κ1) is 15.4. The minimum atomic E-state index is -0.000971. The molecule has 1 rings (SSSR count). The molecule has 1 saturated heterocycles. The predicted molar refractivity (Wildman–Crippen MR) is 75.4 cm³/mol. The van der Waals surface area contributed by atoms with Crippen molar-refractivity contribution in [1.82, 2.24) is 5.32 Å². The molecule has 0 saturated carbocycles. The Morgan fingerprint density at radius 1 is 1.44 bits per heavy atom. The molecule has 0 spiro atoms. The first-order valence-corrected chi connectivity index (χ1v) is 6.92. The van der Waals surface area contributed by atoms with Gasteiger partial charge in [-0.2, -0.15) is 0 Å². The second-order valence-electron chi connectivity index (χ2n) is 5.08. The third-order valence-electron chi connectivity index (χ3n) is 2.98. The summed E-state index contributed by atoms with van der Waals surface area (Å²) in [5.74, 6) is 0. The van der Waals surface area contributed by atoms with Crippen molar-refractivity contribution in [3.63, 3.8) is 0 Å². The normalized spacial score (nSPS) is 21.0. The standard InChI is InChI=1S/C15H27NO2/c1-13(2)7-6-8-14(3)11-16-12-18-15-9-4-5-10-17-15/h8,15-16H,1,4-7,9-12H2,2-3H3/b14-8+. The maximum absolute atomic E-state index is 5.60. The zero-order chi connectivity index (χ0) is 13.2. The molecular weight excluding hydrogens is 226 g/mol. The van der Waals surface area contributed by atoms with E-state index < -0.39 is 0 Å². The van der Waals surface area contributed by atoms with Crippen LogP contribution in [-0.2, 0) is 9.47 Å². The van der Waals surface area contributed by atoms with E-state index in [1.807, 2.05) is 0 Å². The highest BCUT2D eigenvalue weighted by Crippen LogP contribution is 2.12. The summed E-state index contributed by atoms with van der Waals surface area (Å²) in [4.78, 5) is 0. The van der Waals surface area contributed by atoms with Crippen molar-refractivity contribution in [2.45, 2.75) is 52.2 Å². The van der Waals surface area contributed by atoms with E-state index in [1.54, 1.807) is 0 Å². The maximum atomic E-state index is 5.60. The lowest BCUT2D eigenvalue weighted by Crippen LogP contribution is -2.28. The molecule has 3 nitrogen and oxygen atoms in total. The van der Waals surface area contributed by atoms with Gasteiger partial charge < -0.3 is 9.47 Å². The highest BCUT2D eigenvalue weighted by Gasteiger charge is 2.13. The van der Waals surface area contributed by atoms with Gasteiger partial charge in [-0.15, -0.1) is 6.58 Å². The molecule has 1 unspecified atom stereocenters. The Morgan fingerprint density at radius 2 is 2.28 bits per heavy atom. The van der Waals surface area contributed by atoms with Gasteiger partial charge in [0.25, 0.3) is 0 Å². The third kappa shape index (κ3) is 7.64. The molecule has 0 aromatic heterocycles. The van der Waals surface area contributed by atoms with Gasteiger partial charge in [-0.3, -0.25) is 5.32 Å². The van der Waals surface area contributed by atoms with Crippen LogP contribution >= 0.6 is 0 Å². The summed E-state index contributed by atoms with van der Waals surface area (Å²) in [6.07, 6.45) is 7.81. The SMILES string of the molecule is C=C(C)CC/C=C(\C)CNCOC1CCCCO1. The van der Waals surface area contributed by atoms with Crippen molar-refractivity contribution >= 4 is 0 Å². The number of nitrogens with one attached hydrogen (secondary N) is 1. The summed E-state index contributed by atoms with van der Waals surface area (Å²) in [5, 5.41) is 3.28. The van der Waals surface area contributed by atoms with Crippen LogP contribution in [0.1, 0.15) is 46.0 Å². The summed E-state index contributed by atoms with van der Waals surface area (Å²) >= 11 is 0. The highest BCUT2D eigenvalue weighted by molar-refractivity contribution is 5.02. The van der Waals surface area contributed by atoms with Gasteiger partial charge in [0.1, 0.15) is 0 Å². The summed E-state index contributed by atoms with van der Waals surface area (Å²) in [6.45, 7) is 10.4. The van der Waals surface area contributed by atoms with Crippen molar-refractivity contribution in [2.24, 2.45) is 0 Å². The van der Waals surface area contributed by atoms with Crippen LogP contribution < -0.4 is 5.32 Å². The summed E-state index contributed by atoms with van der Waals surface area (Å²) in [6, 6.07) is 0. The molecule has 0 aliphatic carbocycles. The van der Waals surface area contributed by atoms with Gasteiger partial charge in [-0.05, 0) is 46.0 Å². The molecule has 0 aromatic rings. The second-order valence-corrected chi connectivity index (χ2v) is 5.08. The Bertz CT molecular complexity index is 268. The fourth-order valence-corrected chi connectivity index (χ4v) is 1.88. The smallest absolute Gasteiger partial charge is 0.159 e. The summed E-state index contributed by atoms with van der Waals surface area (Å²) in [7, 11) is 0. The second kappa shape index (κ2) is 9.31. The molecule has 18 heavy (non-hydrogen) atoms. The van der Waals surface area contributed by atoms with Crippen LogP contribution in [0.5, 0.6) is 0 Å². The zero-order valence-electron chi connectivity index (χ0n) is 11.8. The van der Waals surface area contributed by atoms with Crippen molar-refractivity contribution in [3.8, 4) is 0 Å². The van der Waals surface area contributed by atoms with Gasteiger partial charge in [0.2, 0.25) is 0 Å². The third-order valence-corrected chi connectivity index (χ3v) is 2.98. The molecule has 1 N–H and O–H groups in total. The predicted octanol–water partition coefficient (Wildman–Crippen LogP) is 3.38. The molecule has 0 amide bonds. The lowest BCUT2D eigenvalue weighted by molar-refractivity contribution is -0.165. The van der Waals surface area contributed by atoms with Gasteiger partial charge in [0.15, 0.2) is 6.29 Å². The van der Waals surface area contributed by atoms with E-state index in [1.165, 1.54) is 17.6 Å². The Balaban J connectivity index is 2.00. The Morgan fingerprint density at radius 3 is 2.94 bits per heavy atom. The average Bonchev–Trinajstić information content (AvgIpc) is 2.35. The van der Waals surface area contributed by atoms with E-state index in [2.05, 4.69) is 31.8 Å². The van der Waals surface area contributed by atoms with Crippen molar-refractivity contribution in [2.75, 3.05) is 19.9 Å². The average molecular weight is 253 g/mol. The van der Waals surface area contributed by atoms with Gasteiger partial charge in [0, 0.05) is 13.2 Å². The van der Waals surface area contributed by atoms with Crippen molar-refractivity contribution < 1.29 is 9.47 Å². The number of ether oxygens (including phenoxy) is 2. The minimum absolute atomic E-state index is 0.000971. The fourth-order valence-electron chi connectivity index (χ4n) is 1.88. The van der Waals surface area contributed by atoms with Gasteiger partial charge in [0.05, 0.1) is 6.73 Å². The lowest BCUT2D eigenvalue weighted by Gasteiger charge is -2.22. The molecule has 1 fully saturated rings. The van der Waals surface area contributed by atoms with Crippen LogP contribution in [0.15, 0.2) is 23.8 Å². The molecule has 0 aromatic carbocycles. The highest BCUT2D eigenvalue weighted by atomic mass is 16.7. The molecule has 0 bridgehead atoms. The van der Waals surface area contributed by atoms with Crippen LogP contribution in [0, 0.1) is 0 Å². The van der Waals surface area contributed by atoms with Crippen LogP contribution in [0.4, 0.5) is 0 Å². The van der Waals surface area contributed by atoms with Gasteiger partial charge >= 0.3 is 0 Å². The van der Waals surface area contributed by atoms with Gasteiger partial charge in [-0.1, -0.05) is 17.2 Å². The van der Waals surface area contributed by atoms with Crippen LogP contribution in [0.25, 0.3) is 0 Å². The van der Waals surface area contributed by atoms with E-state index in [0.29, 0.717) is 6.73 Å². The van der Waals surface area contributed by atoms with E-state index in [-0.39, 0.29) is 6.29 Å². The zero-order valence-corrected chi connectivity index (χ0v) is 11.8. The maximum Gasteiger partial charge on any atom is 0.159 e. The van der Waals surface area contributed by atoms with Gasteiger partial charge in [-0.25, -0.2) is 0 Å². The van der Waals surface area contributed by atoms with E-state index in [9.17, 15) is 0 Å². The number of allylic oxidation sites excluding steroid dienone is 2. The number of rotatable bonds is 8. The van der Waals surface area contributed by atoms with Crippen LogP contribution in [0.3, 0.4) is 0 Å². The molecular formula is C15H27NO2. The molecule has 1 heterocycles. The first-order chi connectivity index (χ1) is 8.68. The fraction of sp³-hybridized carbons (Fsp3) is 0.733. The quantitative estimate of drug-likeness (QED) is 0.409. The molecule has 3 heteroatoms. The van der Waals surface area contributed by atoms with Crippen molar-refractivity contribution in [3.05, 3.63) is 23.8 Å². The minimum Gasteiger partial charge on any atom is -0.353 e. The largest absolute Gasteiger partial charge is 0.353 e. The van der Waals surface area contributed by atoms with Crippen molar-refractivity contribution in [1.29, 1.82) is 0 Å². The number of hydrogen-bond donors (Lipinski definition) is 1. The molecule has 1 aliphatic rings. The summed E-state index contributed by atoms with van der Waals surface area (Å²) < 4.78 is 11.1. The Hall–Kier alpha value is -0.640. The lowest BCUT2D eigenvalue weighted by atomic mass is 10.1. The molecule has 104 valence electrons. The molecule has 1 aliphatic heterocycles.